The molecule has 0 spiro atoms. The van der Waals surface area contributed by atoms with Crippen LogP contribution in [0.25, 0.3) is 6.08 Å². The molecule has 0 fully saturated rings. The maximum Gasteiger partial charge on any atom is 0.266 e. The smallest absolute Gasteiger partial charge is 0.266 e. The molecule has 0 aromatic heterocycles. The lowest BCUT2D eigenvalue weighted by molar-refractivity contribution is -0.112. The Balaban J connectivity index is 2.33. The lowest BCUT2D eigenvalue weighted by atomic mass is 10.1. The summed E-state index contributed by atoms with van der Waals surface area (Å²) in [6.07, 6.45) is 2.36. The summed E-state index contributed by atoms with van der Waals surface area (Å²) in [6, 6.07) is 12.2. The van der Waals surface area contributed by atoms with Crippen molar-refractivity contribution < 1.29 is 14.3 Å². The van der Waals surface area contributed by atoms with Crippen LogP contribution < -0.4 is 14.8 Å². The van der Waals surface area contributed by atoms with E-state index in [1.165, 1.54) is 6.08 Å². The first kappa shape index (κ1) is 21.8. The normalized spacial score (nSPS) is 10.9. The van der Waals surface area contributed by atoms with Gasteiger partial charge in [-0.2, -0.15) is 5.26 Å². The average molecular weight is 464 g/mol. The summed E-state index contributed by atoms with van der Waals surface area (Å²) in [4.78, 5) is 12.5. The first-order chi connectivity index (χ1) is 13.5. The minimum absolute atomic E-state index is 0.0506. The van der Waals surface area contributed by atoms with Crippen molar-refractivity contribution in [3.05, 3.63) is 57.0 Å². The van der Waals surface area contributed by atoms with E-state index in [9.17, 15) is 10.1 Å². The van der Waals surface area contributed by atoms with Gasteiger partial charge < -0.3 is 14.8 Å². The molecule has 0 radical (unpaired) electrons. The number of nitriles is 1. The Morgan fingerprint density at radius 2 is 2.00 bits per heavy atom. The van der Waals surface area contributed by atoms with E-state index in [0.717, 1.165) is 6.42 Å². The van der Waals surface area contributed by atoms with Crippen LogP contribution in [0, 0.1) is 11.3 Å². The summed E-state index contributed by atoms with van der Waals surface area (Å²) in [5.41, 5.74) is 1.09. The molecular formula is C21H20BrClN2O3. The minimum Gasteiger partial charge on any atom is -0.490 e. The number of carbonyl (C=O) groups is 1. The van der Waals surface area contributed by atoms with E-state index in [1.54, 1.807) is 36.4 Å². The van der Waals surface area contributed by atoms with Crippen LogP contribution >= 0.6 is 27.5 Å². The van der Waals surface area contributed by atoms with Crippen LogP contribution in [0.3, 0.4) is 0 Å². The lowest BCUT2D eigenvalue weighted by Gasteiger charge is -2.13. The van der Waals surface area contributed by atoms with Crippen LogP contribution in [0.1, 0.15) is 25.8 Å². The topological polar surface area (TPSA) is 71.3 Å². The molecule has 0 aliphatic carbocycles. The first-order valence-electron chi connectivity index (χ1n) is 8.76. The molecule has 146 valence electrons. The van der Waals surface area contributed by atoms with Gasteiger partial charge in [-0.25, -0.2) is 0 Å². The molecule has 0 heterocycles. The average Bonchev–Trinajstić information content (AvgIpc) is 2.66. The fourth-order valence-corrected chi connectivity index (χ4v) is 2.95. The number of ether oxygens (including phenoxy) is 2. The summed E-state index contributed by atoms with van der Waals surface area (Å²) in [6.45, 7) is 4.92. The summed E-state index contributed by atoms with van der Waals surface area (Å²) in [5.74, 6) is 0.633. The quantitative estimate of drug-likeness (QED) is 0.394. The predicted octanol–water partition coefficient (Wildman–Crippen LogP) is 5.84. The Kier molecular flexibility index (Phi) is 8.37. The fraction of sp³-hybridized carbons (Fsp3) is 0.238. The number of nitrogens with zero attached hydrogens (tertiary/aromatic N) is 1. The highest BCUT2D eigenvalue weighted by molar-refractivity contribution is 9.10. The van der Waals surface area contributed by atoms with E-state index < -0.39 is 5.91 Å². The molecule has 1 N–H and O–H groups in total. The number of hydrogen-bond acceptors (Lipinski definition) is 4. The molecule has 28 heavy (non-hydrogen) atoms. The maximum atomic E-state index is 12.5. The molecule has 1 amide bonds. The van der Waals surface area contributed by atoms with Gasteiger partial charge in [-0.1, -0.05) is 40.5 Å². The largest absolute Gasteiger partial charge is 0.490 e. The van der Waals surface area contributed by atoms with E-state index in [0.29, 0.717) is 45.5 Å². The Morgan fingerprint density at radius 3 is 2.64 bits per heavy atom. The van der Waals surface area contributed by atoms with E-state index in [-0.39, 0.29) is 5.57 Å². The van der Waals surface area contributed by atoms with Crippen LogP contribution in [0.15, 0.2) is 46.4 Å². The predicted molar refractivity (Wildman–Crippen MR) is 115 cm³/mol. The second-order valence-corrected chi connectivity index (χ2v) is 7.03. The molecule has 5 nitrogen and oxygen atoms in total. The van der Waals surface area contributed by atoms with Crippen molar-refractivity contribution in [2.45, 2.75) is 20.3 Å². The number of nitrogens with one attached hydrogen (secondary N) is 1. The Morgan fingerprint density at radius 1 is 1.25 bits per heavy atom. The molecule has 0 saturated carbocycles. The number of hydrogen-bond donors (Lipinski definition) is 1. The van der Waals surface area contributed by atoms with Crippen LogP contribution in [-0.4, -0.2) is 19.1 Å². The van der Waals surface area contributed by atoms with Gasteiger partial charge in [0.15, 0.2) is 11.5 Å². The third-order valence-electron chi connectivity index (χ3n) is 3.57. The Labute approximate surface area is 178 Å². The second-order valence-electron chi connectivity index (χ2n) is 5.74. The highest BCUT2D eigenvalue weighted by Crippen LogP contribution is 2.35. The highest BCUT2D eigenvalue weighted by Gasteiger charge is 2.14. The molecular weight excluding hydrogens is 444 g/mol. The molecule has 0 bridgehead atoms. The SMILES string of the molecule is CCCOc1cc(Br)c(C=C(C#N)C(=O)Nc2cccc(Cl)c2)cc1OCC. The zero-order chi connectivity index (χ0) is 20.5. The van der Waals surface area contributed by atoms with Gasteiger partial charge in [0.2, 0.25) is 0 Å². The van der Waals surface area contributed by atoms with Gasteiger partial charge in [-0.05, 0) is 55.3 Å². The van der Waals surface area contributed by atoms with Crippen molar-refractivity contribution >= 4 is 45.2 Å². The maximum absolute atomic E-state index is 12.5. The molecule has 0 saturated heterocycles. The summed E-state index contributed by atoms with van der Waals surface area (Å²) < 4.78 is 12.0. The van der Waals surface area contributed by atoms with Crippen LogP contribution in [0.5, 0.6) is 11.5 Å². The molecule has 0 atom stereocenters. The van der Waals surface area contributed by atoms with Gasteiger partial charge >= 0.3 is 0 Å². The van der Waals surface area contributed by atoms with Gasteiger partial charge in [0.05, 0.1) is 13.2 Å². The van der Waals surface area contributed by atoms with Gasteiger partial charge in [0, 0.05) is 15.2 Å². The third kappa shape index (κ3) is 6.01. The molecule has 2 aromatic rings. The standard InChI is InChI=1S/C21H20BrClN2O3/c1-3-8-28-20-12-18(22)14(10-19(20)27-4-2)9-15(13-24)21(26)25-17-7-5-6-16(23)11-17/h5-7,9-12H,3-4,8H2,1-2H3,(H,25,26). The highest BCUT2D eigenvalue weighted by atomic mass is 79.9. The van der Waals surface area contributed by atoms with Crippen molar-refractivity contribution in [3.8, 4) is 17.6 Å². The van der Waals surface area contributed by atoms with Crippen molar-refractivity contribution in [2.24, 2.45) is 0 Å². The van der Waals surface area contributed by atoms with Crippen LogP contribution in [-0.2, 0) is 4.79 Å². The van der Waals surface area contributed by atoms with Crippen molar-refractivity contribution in [1.29, 1.82) is 5.26 Å². The Bertz CT molecular complexity index is 922. The lowest BCUT2D eigenvalue weighted by Crippen LogP contribution is -2.13. The molecule has 0 aliphatic rings. The molecule has 2 rings (SSSR count). The number of amides is 1. The summed E-state index contributed by atoms with van der Waals surface area (Å²) in [5, 5.41) is 12.6. The van der Waals surface area contributed by atoms with Crippen molar-refractivity contribution in [1.82, 2.24) is 0 Å². The minimum atomic E-state index is -0.527. The van der Waals surface area contributed by atoms with Crippen molar-refractivity contribution in [2.75, 3.05) is 18.5 Å². The number of anilines is 1. The molecule has 0 unspecified atom stereocenters. The van der Waals surface area contributed by atoms with Crippen LogP contribution in [0.2, 0.25) is 5.02 Å². The third-order valence-corrected chi connectivity index (χ3v) is 4.49. The van der Waals surface area contributed by atoms with Gasteiger partial charge in [0.25, 0.3) is 5.91 Å². The number of halogens is 2. The fourth-order valence-electron chi connectivity index (χ4n) is 2.32. The zero-order valence-corrected chi connectivity index (χ0v) is 17.9. The molecule has 2 aromatic carbocycles. The zero-order valence-electron chi connectivity index (χ0n) is 15.6. The van der Waals surface area contributed by atoms with E-state index >= 15 is 0 Å². The number of benzene rings is 2. The van der Waals surface area contributed by atoms with Gasteiger partial charge in [-0.15, -0.1) is 0 Å². The second kappa shape index (κ2) is 10.7. The molecule has 0 aliphatic heterocycles. The summed E-state index contributed by atoms with van der Waals surface area (Å²) >= 11 is 9.40. The first-order valence-corrected chi connectivity index (χ1v) is 9.93. The van der Waals surface area contributed by atoms with Crippen molar-refractivity contribution in [3.63, 3.8) is 0 Å². The monoisotopic (exact) mass is 462 g/mol. The van der Waals surface area contributed by atoms with E-state index in [4.69, 9.17) is 21.1 Å². The molecule has 7 heteroatoms. The number of rotatable bonds is 8. The Hall–Kier alpha value is -2.49. The van der Waals surface area contributed by atoms with Gasteiger partial charge in [-0.3, -0.25) is 4.79 Å². The number of carbonyl (C=O) groups excluding carboxylic acids is 1. The summed E-state index contributed by atoms with van der Waals surface area (Å²) in [7, 11) is 0. The van der Waals surface area contributed by atoms with E-state index in [2.05, 4.69) is 21.2 Å². The van der Waals surface area contributed by atoms with Gasteiger partial charge in [0.1, 0.15) is 11.6 Å². The van der Waals surface area contributed by atoms with E-state index in [1.807, 2.05) is 19.9 Å². The van der Waals surface area contributed by atoms with Crippen LogP contribution in [0.4, 0.5) is 5.69 Å².